The van der Waals surface area contributed by atoms with Gasteiger partial charge in [0.25, 0.3) is 5.91 Å². The van der Waals surface area contributed by atoms with Crippen LogP contribution in [-0.2, 0) is 0 Å². The first-order valence-corrected chi connectivity index (χ1v) is 9.84. The van der Waals surface area contributed by atoms with E-state index in [4.69, 9.17) is 21.4 Å². The van der Waals surface area contributed by atoms with Gasteiger partial charge >= 0.3 is 0 Å². The number of nitrogens with one attached hydrogen (secondary N) is 2. The largest absolute Gasteiger partial charge is 0.494 e. The summed E-state index contributed by atoms with van der Waals surface area (Å²) in [6, 6.07) is 21.9. The lowest BCUT2D eigenvalue weighted by atomic mass is 10.2. The van der Waals surface area contributed by atoms with Crippen molar-refractivity contribution in [2.24, 2.45) is 0 Å². The first-order chi connectivity index (χ1) is 14.6. The molecule has 1 amide bonds. The number of thiocarbonyl (C=S) groups is 1. The highest BCUT2D eigenvalue weighted by Crippen LogP contribution is 2.26. The van der Waals surface area contributed by atoms with Crippen molar-refractivity contribution in [3.8, 4) is 17.2 Å². The van der Waals surface area contributed by atoms with Crippen LogP contribution in [0.15, 0.2) is 77.2 Å². The zero-order valence-corrected chi connectivity index (χ0v) is 17.0. The van der Waals surface area contributed by atoms with Gasteiger partial charge in [-0.15, -0.1) is 0 Å². The molecule has 0 unspecified atom stereocenters. The van der Waals surface area contributed by atoms with E-state index in [0.717, 1.165) is 16.7 Å². The van der Waals surface area contributed by atoms with Crippen LogP contribution in [0.25, 0.3) is 22.6 Å². The molecular weight excluding hydrogens is 398 g/mol. The number of para-hydroxylation sites is 2. The van der Waals surface area contributed by atoms with Crippen molar-refractivity contribution in [1.29, 1.82) is 0 Å². The third kappa shape index (κ3) is 4.47. The Morgan fingerprint density at radius 1 is 1.07 bits per heavy atom. The van der Waals surface area contributed by atoms with Gasteiger partial charge in [0.15, 0.2) is 10.7 Å². The predicted octanol–water partition coefficient (Wildman–Crippen LogP) is 5.02. The first-order valence-electron chi connectivity index (χ1n) is 9.43. The lowest BCUT2D eigenvalue weighted by molar-refractivity contribution is 0.0977. The van der Waals surface area contributed by atoms with Crippen LogP contribution in [-0.4, -0.2) is 22.6 Å². The number of benzene rings is 3. The van der Waals surface area contributed by atoms with Crippen LogP contribution in [0.3, 0.4) is 0 Å². The number of rotatable bonds is 5. The van der Waals surface area contributed by atoms with E-state index in [1.54, 1.807) is 24.3 Å². The van der Waals surface area contributed by atoms with Gasteiger partial charge in [-0.3, -0.25) is 10.1 Å². The Labute approximate surface area is 178 Å². The van der Waals surface area contributed by atoms with E-state index in [1.165, 1.54) is 0 Å². The molecule has 7 heteroatoms. The summed E-state index contributed by atoms with van der Waals surface area (Å²) in [5.41, 5.74) is 3.53. The summed E-state index contributed by atoms with van der Waals surface area (Å²) >= 11 is 5.29. The molecule has 4 rings (SSSR count). The number of aromatic nitrogens is 1. The molecule has 2 N–H and O–H groups in total. The van der Waals surface area contributed by atoms with Crippen LogP contribution in [0.1, 0.15) is 17.3 Å². The van der Waals surface area contributed by atoms with Crippen molar-refractivity contribution in [1.82, 2.24) is 10.3 Å². The number of oxazole rings is 1. The number of hydrogen-bond donors (Lipinski definition) is 2. The predicted molar refractivity (Wildman–Crippen MR) is 121 cm³/mol. The number of fused-ring (bicyclic) bond motifs is 1. The summed E-state index contributed by atoms with van der Waals surface area (Å²) in [6.45, 7) is 2.48. The van der Waals surface area contributed by atoms with E-state index in [0.29, 0.717) is 29.5 Å². The van der Waals surface area contributed by atoms with E-state index in [2.05, 4.69) is 15.6 Å². The number of anilines is 1. The second-order valence-electron chi connectivity index (χ2n) is 6.43. The number of nitrogens with zero attached hydrogens (tertiary/aromatic N) is 1. The smallest absolute Gasteiger partial charge is 0.257 e. The van der Waals surface area contributed by atoms with Gasteiger partial charge in [0.2, 0.25) is 5.89 Å². The molecule has 30 heavy (non-hydrogen) atoms. The molecule has 6 nitrogen and oxygen atoms in total. The molecule has 0 atom stereocenters. The fourth-order valence-electron chi connectivity index (χ4n) is 2.93. The van der Waals surface area contributed by atoms with Crippen LogP contribution >= 0.6 is 12.2 Å². The molecule has 0 aliphatic rings. The molecular formula is C23H19N3O3S. The highest BCUT2D eigenvalue weighted by atomic mass is 32.1. The van der Waals surface area contributed by atoms with Crippen LogP contribution in [0.5, 0.6) is 5.75 Å². The number of ether oxygens (including phenoxy) is 1. The minimum Gasteiger partial charge on any atom is -0.494 e. The van der Waals surface area contributed by atoms with Gasteiger partial charge in [-0.2, -0.15) is 0 Å². The molecule has 150 valence electrons. The zero-order chi connectivity index (χ0) is 20.9. The van der Waals surface area contributed by atoms with Crippen molar-refractivity contribution in [3.05, 3.63) is 78.4 Å². The van der Waals surface area contributed by atoms with Crippen LogP contribution in [0.2, 0.25) is 0 Å². The Morgan fingerprint density at radius 2 is 1.87 bits per heavy atom. The van der Waals surface area contributed by atoms with Gasteiger partial charge in [-0.25, -0.2) is 4.98 Å². The Morgan fingerprint density at radius 3 is 2.63 bits per heavy atom. The SMILES string of the molecule is CCOc1ccc(C(=O)NC(=S)Nc2cccc(-c3nc4ccccc4o3)c2)cc1. The molecule has 0 saturated heterocycles. The molecule has 0 aliphatic heterocycles. The molecule has 0 aliphatic carbocycles. The van der Waals surface area contributed by atoms with E-state index < -0.39 is 0 Å². The monoisotopic (exact) mass is 417 g/mol. The maximum Gasteiger partial charge on any atom is 0.257 e. The Balaban J connectivity index is 1.43. The molecule has 3 aromatic carbocycles. The third-order valence-electron chi connectivity index (χ3n) is 4.32. The van der Waals surface area contributed by atoms with Gasteiger partial charge in [0.1, 0.15) is 11.3 Å². The Bertz CT molecular complexity index is 1170. The van der Waals surface area contributed by atoms with Crippen molar-refractivity contribution < 1.29 is 13.9 Å². The third-order valence-corrected chi connectivity index (χ3v) is 4.52. The van der Waals surface area contributed by atoms with Gasteiger partial charge in [-0.05, 0) is 73.7 Å². The van der Waals surface area contributed by atoms with E-state index >= 15 is 0 Å². The molecule has 0 fully saturated rings. The molecule has 1 heterocycles. The summed E-state index contributed by atoms with van der Waals surface area (Å²) in [6.07, 6.45) is 0. The van der Waals surface area contributed by atoms with Gasteiger partial charge in [0, 0.05) is 16.8 Å². The summed E-state index contributed by atoms with van der Waals surface area (Å²) in [4.78, 5) is 16.9. The lowest BCUT2D eigenvalue weighted by Gasteiger charge is -2.10. The second kappa shape index (κ2) is 8.75. The van der Waals surface area contributed by atoms with Crippen LogP contribution in [0, 0.1) is 0 Å². The normalized spacial score (nSPS) is 10.6. The summed E-state index contributed by atoms with van der Waals surface area (Å²) in [5.74, 6) is 0.931. The van der Waals surface area contributed by atoms with Crippen molar-refractivity contribution in [2.75, 3.05) is 11.9 Å². The molecule has 0 radical (unpaired) electrons. The minimum absolute atomic E-state index is 0.198. The Hall–Kier alpha value is -3.71. The van der Waals surface area contributed by atoms with Gasteiger partial charge in [-0.1, -0.05) is 18.2 Å². The number of amides is 1. The minimum atomic E-state index is -0.300. The average molecular weight is 417 g/mol. The summed E-state index contributed by atoms with van der Waals surface area (Å²) in [5, 5.41) is 5.90. The topological polar surface area (TPSA) is 76.4 Å². The first kappa shape index (κ1) is 19.6. The van der Waals surface area contributed by atoms with Crippen LogP contribution < -0.4 is 15.4 Å². The summed E-state index contributed by atoms with van der Waals surface area (Å²) in [7, 11) is 0. The van der Waals surface area contributed by atoms with Gasteiger partial charge < -0.3 is 14.5 Å². The molecule has 4 aromatic rings. The highest BCUT2D eigenvalue weighted by molar-refractivity contribution is 7.80. The zero-order valence-electron chi connectivity index (χ0n) is 16.2. The number of hydrogen-bond acceptors (Lipinski definition) is 5. The molecule has 1 aromatic heterocycles. The van der Waals surface area contributed by atoms with E-state index in [1.807, 2.05) is 55.5 Å². The van der Waals surface area contributed by atoms with Crippen molar-refractivity contribution in [3.63, 3.8) is 0 Å². The summed E-state index contributed by atoms with van der Waals surface area (Å²) < 4.78 is 11.2. The number of carbonyl (C=O) groups is 1. The standard InChI is InChI=1S/C23H19N3O3S/c1-2-28-18-12-10-15(11-13-18)21(27)26-23(30)24-17-7-5-6-16(14-17)22-25-19-8-3-4-9-20(19)29-22/h3-14H,2H2,1H3,(H2,24,26,27,30). The molecule has 0 saturated carbocycles. The quantitative estimate of drug-likeness (QED) is 0.444. The fraction of sp³-hybridized carbons (Fsp3) is 0.0870. The molecule has 0 bridgehead atoms. The average Bonchev–Trinajstić information content (AvgIpc) is 3.19. The lowest BCUT2D eigenvalue weighted by Crippen LogP contribution is -2.34. The van der Waals surface area contributed by atoms with E-state index in [9.17, 15) is 4.79 Å². The maximum atomic E-state index is 12.4. The van der Waals surface area contributed by atoms with Crippen molar-refractivity contribution in [2.45, 2.75) is 6.92 Å². The number of carbonyl (C=O) groups excluding carboxylic acids is 1. The maximum absolute atomic E-state index is 12.4. The fourth-order valence-corrected chi connectivity index (χ4v) is 3.14. The van der Waals surface area contributed by atoms with Gasteiger partial charge in [0.05, 0.1) is 6.61 Å². The van der Waals surface area contributed by atoms with E-state index in [-0.39, 0.29) is 11.0 Å². The molecule has 0 spiro atoms. The van der Waals surface area contributed by atoms with Crippen LogP contribution in [0.4, 0.5) is 5.69 Å². The van der Waals surface area contributed by atoms with Crippen molar-refractivity contribution >= 4 is 40.0 Å². The highest BCUT2D eigenvalue weighted by Gasteiger charge is 2.11. The second-order valence-corrected chi connectivity index (χ2v) is 6.84. The Kier molecular flexibility index (Phi) is 5.72.